The average molecular weight is 467 g/mol. The standard InChI is InChI=1S/2C12H12ClN3/c1-16-7-9-3-2-8-4-5-10(13)6-11(8)14-12(9)15-16;1-16-12-9(7-14-16)3-2-8-4-5-10(13)6-11(8)15-12/h4-7H,2-3H2,1H3,(H,14,15);4-7,15H,2-3H2,1H3. The van der Waals surface area contributed by atoms with Crippen molar-refractivity contribution in [2.75, 3.05) is 10.6 Å². The van der Waals surface area contributed by atoms with Gasteiger partial charge in [0.2, 0.25) is 0 Å². The monoisotopic (exact) mass is 466 g/mol. The van der Waals surface area contributed by atoms with Crippen LogP contribution in [-0.2, 0) is 39.8 Å². The molecule has 2 N–H and O–H groups in total. The lowest BCUT2D eigenvalue weighted by molar-refractivity contribution is 0.768. The Bertz CT molecular complexity index is 1290. The van der Waals surface area contributed by atoms with Gasteiger partial charge in [-0.25, -0.2) is 0 Å². The summed E-state index contributed by atoms with van der Waals surface area (Å²) in [5.74, 6) is 2.02. The number of hydrogen-bond acceptors (Lipinski definition) is 4. The van der Waals surface area contributed by atoms with Gasteiger partial charge in [0.05, 0.1) is 6.20 Å². The minimum atomic E-state index is 0.755. The third-order valence-electron chi connectivity index (χ3n) is 5.90. The fourth-order valence-electron chi connectivity index (χ4n) is 4.21. The largest absolute Gasteiger partial charge is 0.340 e. The first-order valence-corrected chi connectivity index (χ1v) is 11.4. The van der Waals surface area contributed by atoms with Crippen molar-refractivity contribution >= 4 is 46.2 Å². The third kappa shape index (κ3) is 4.20. The van der Waals surface area contributed by atoms with Crippen LogP contribution in [0.25, 0.3) is 0 Å². The highest BCUT2D eigenvalue weighted by Crippen LogP contribution is 2.32. The molecule has 2 aromatic carbocycles. The second-order valence-electron chi connectivity index (χ2n) is 8.17. The maximum atomic E-state index is 6.01. The molecule has 4 aromatic rings. The van der Waals surface area contributed by atoms with Crippen LogP contribution in [0.15, 0.2) is 48.8 Å². The summed E-state index contributed by atoms with van der Waals surface area (Å²) in [6.45, 7) is 0. The molecule has 4 heterocycles. The van der Waals surface area contributed by atoms with E-state index in [1.165, 1.54) is 22.3 Å². The van der Waals surface area contributed by atoms with Crippen molar-refractivity contribution in [3.63, 3.8) is 0 Å². The van der Waals surface area contributed by atoms with Gasteiger partial charge in [-0.1, -0.05) is 35.3 Å². The first-order valence-electron chi connectivity index (χ1n) is 10.6. The minimum Gasteiger partial charge on any atom is -0.340 e. The number of aryl methyl sites for hydroxylation is 6. The molecule has 8 heteroatoms. The quantitative estimate of drug-likeness (QED) is 0.342. The first kappa shape index (κ1) is 20.9. The zero-order valence-electron chi connectivity index (χ0n) is 18.0. The number of halogens is 2. The molecule has 0 saturated carbocycles. The van der Waals surface area contributed by atoms with Crippen molar-refractivity contribution in [1.82, 2.24) is 19.6 Å². The summed E-state index contributed by atoms with van der Waals surface area (Å²) >= 11 is 12.0. The van der Waals surface area contributed by atoms with Gasteiger partial charge in [0.1, 0.15) is 5.82 Å². The summed E-state index contributed by atoms with van der Waals surface area (Å²) in [5, 5.41) is 16.9. The van der Waals surface area contributed by atoms with Crippen molar-refractivity contribution in [3.8, 4) is 0 Å². The molecular weight excluding hydrogens is 443 g/mol. The van der Waals surface area contributed by atoms with E-state index in [1.807, 2.05) is 53.9 Å². The number of benzene rings is 2. The van der Waals surface area contributed by atoms with E-state index < -0.39 is 0 Å². The number of anilines is 4. The van der Waals surface area contributed by atoms with Crippen molar-refractivity contribution < 1.29 is 0 Å². The molecule has 0 aliphatic carbocycles. The molecular formula is C24H24Cl2N6. The van der Waals surface area contributed by atoms with Crippen LogP contribution in [-0.4, -0.2) is 19.6 Å². The van der Waals surface area contributed by atoms with Gasteiger partial charge in [0.25, 0.3) is 0 Å². The lowest BCUT2D eigenvalue weighted by Crippen LogP contribution is -2.00. The maximum Gasteiger partial charge on any atom is 0.155 e. The van der Waals surface area contributed by atoms with Gasteiger partial charge in [-0.3, -0.25) is 9.36 Å². The van der Waals surface area contributed by atoms with Crippen LogP contribution >= 0.6 is 23.2 Å². The SMILES string of the molecule is Cn1cc2c(n1)Nc1cc(Cl)ccc1CC2.Cn1ncc2c1Nc1cc(Cl)ccc1CC2. The lowest BCUT2D eigenvalue weighted by atomic mass is 10.1. The molecule has 0 amide bonds. The van der Waals surface area contributed by atoms with E-state index in [0.717, 1.165) is 58.7 Å². The predicted octanol–water partition coefficient (Wildman–Crippen LogP) is 5.83. The molecule has 0 atom stereocenters. The highest BCUT2D eigenvalue weighted by molar-refractivity contribution is 6.31. The van der Waals surface area contributed by atoms with Gasteiger partial charge in [-0.2, -0.15) is 10.2 Å². The normalized spacial score (nSPS) is 13.6. The van der Waals surface area contributed by atoms with Gasteiger partial charge in [-0.15, -0.1) is 0 Å². The van der Waals surface area contributed by atoms with Crippen LogP contribution in [0.3, 0.4) is 0 Å². The molecule has 2 aromatic heterocycles. The Morgan fingerprint density at radius 2 is 1.38 bits per heavy atom. The summed E-state index contributed by atoms with van der Waals surface area (Å²) in [6, 6.07) is 12.0. The van der Waals surface area contributed by atoms with Gasteiger partial charge in [-0.05, 0) is 61.1 Å². The zero-order valence-corrected chi connectivity index (χ0v) is 19.5. The molecule has 164 valence electrons. The van der Waals surface area contributed by atoms with E-state index in [1.54, 1.807) is 0 Å². The Hall–Kier alpha value is -2.96. The second-order valence-corrected chi connectivity index (χ2v) is 9.04. The average Bonchev–Trinajstić information content (AvgIpc) is 3.16. The summed E-state index contributed by atoms with van der Waals surface area (Å²) in [7, 11) is 3.89. The predicted molar refractivity (Wildman–Crippen MR) is 131 cm³/mol. The van der Waals surface area contributed by atoms with Crippen LogP contribution in [0.4, 0.5) is 23.0 Å². The summed E-state index contributed by atoms with van der Waals surface area (Å²) in [4.78, 5) is 0. The molecule has 0 unspecified atom stereocenters. The van der Waals surface area contributed by atoms with Crippen LogP contribution < -0.4 is 10.6 Å². The third-order valence-corrected chi connectivity index (χ3v) is 6.37. The molecule has 2 aliphatic heterocycles. The smallest absolute Gasteiger partial charge is 0.155 e. The van der Waals surface area contributed by atoms with E-state index in [-0.39, 0.29) is 0 Å². The Labute approximate surface area is 197 Å². The highest BCUT2D eigenvalue weighted by Gasteiger charge is 2.16. The Kier molecular flexibility index (Phi) is 5.57. The lowest BCUT2D eigenvalue weighted by Gasteiger charge is -2.09. The van der Waals surface area contributed by atoms with E-state index >= 15 is 0 Å². The molecule has 2 aliphatic rings. The molecule has 0 spiro atoms. The summed E-state index contributed by atoms with van der Waals surface area (Å²) < 4.78 is 3.71. The second kappa shape index (κ2) is 8.52. The number of rotatable bonds is 0. The number of fused-ring (bicyclic) bond motifs is 4. The van der Waals surface area contributed by atoms with E-state index in [4.69, 9.17) is 23.2 Å². The molecule has 6 nitrogen and oxygen atoms in total. The summed E-state index contributed by atoms with van der Waals surface area (Å²) in [6.07, 6.45) is 8.08. The fourth-order valence-corrected chi connectivity index (χ4v) is 4.56. The van der Waals surface area contributed by atoms with Gasteiger partial charge < -0.3 is 10.6 Å². The first-order chi connectivity index (χ1) is 15.5. The Morgan fingerprint density at radius 1 is 0.781 bits per heavy atom. The number of nitrogens with zero attached hydrogens (tertiary/aromatic N) is 4. The Morgan fingerprint density at radius 3 is 2.06 bits per heavy atom. The van der Waals surface area contributed by atoms with Gasteiger partial charge in [0, 0.05) is 52.8 Å². The molecule has 6 rings (SSSR count). The molecule has 0 fully saturated rings. The maximum absolute atomic E-state index is 6.01. The topological polar surface area (TPSA) is 59.7 Å². The van der Waals surface area contributed by atoms with E-state index in [2.05, 4.69) is 39.2 Å². The van der Waals surface area contributed by atoms with Crippen LogP contribution in [0, 0.1) is 0 Å². The molecule has 0 radical (unpaired) electrons. The minimum absolute atomic E-state index is 0.755. The van der Waals surface area contributed by atoms with E-state index in [0.29, 0.717) is 0 Å². The summed E-state index contributed by atoms with van der Waals surface area (Å²) in [5.41, 5.74) is 7.29. The van der Waals surface area contributed by atoms with Crippen molar-refractivity contribution in [2.24, 2.45) is 14.1 Å². The van der Waals surface area contributed by atoms with Crippen molar-refractivity contribution in [2.45, 2.75) is 25.7 Å². The molecule has 32 heavy (non-hydrogen) atoms. The number of nitrogens with one attached hydrogen (secondary N) is 2. The zero-order chi connectivity index (χ0) is 22.2. The van der Waals surface area contributed by atoms with Gasteiger partial charge >= 0.3 is 0 Å². The highest BCUT2D eigenvalue weighted by atomic mass is 35.5. The fraction of sp³-hybridized carbons (Fsp3) is 0.250. The van der Waals surface area contributed by atoms with Crippen molar-refractivity contribution in [1.29, 1.82) is 0 Å². The van der Waals surface area contributed by atoms with Crippen LogP contribution in [0.2, 0.25) is 10.0 Å². The molecule has 0 bridgehead atoms. The van der Waals surface area contributed by atoms with Crippen LogP contribution in [0.1, 0.15) is 22.3 Å². The van der Waals surface area contributed by atoms with E-state index in [9.17, 15) is 0 Å². The van der Waals surface area contributed by atoms with Crippen molar-refractivity contribution in [3.05, 3.63) is 81.1 Å². The van der Waals surface area contributed by atoms with Crippen LogP contribution in [0.5, 0.6) is 0 Å². The Balaban J connectivity index is 0.000000135. The molecule has 0 saturated heterocycles. The van der Waals surface area contributed by atoms with Gasteiger partial charge in [0.15, 0.2) is 5.82 Å². The number of aromatic nitrogens is 4. The number of hydrogen-bond donors (Lipinski definition) is 2.